The molecule has 0 unspecified atom stereocenters. The Morgan fingerprint density at radius 3 is 2.27 bits per heavy atom. The molecule has 11 heavy (non-hydrogen) atoms. The molecule has 0 fully saturated rings. The third-order valence-electron chi connectivity index (χ3n) is 1.31. The van der Waals surface area contributed by atoms with Gasteiger partial charge in [-0.05, 0) is 13.8 Å². The van der Waals surface area contributed by atoms with E-state index in [1.807, 2.05) is 0 Å². The van der Waals surface area contributed by atoms with Gasteiger partial charge in [-0.2, -0.15) is 0 Å². The van der Waals surface area contributed by atoms with Gasteiger partial charge in [0.2, 0.25) is 0 Å². The summed E-state index contributed by atoms with van der Waals surface area (Å²) in [6.07, 6.45) is 0.586. The molecule has 0 aliphatic carbocycles. The number of esters is 1. The van der Waals surface area contributed by atoms with Crippen LogP contribution in [0.15, 0.2) is 12.2 Å². The lowest BCUT2D eigenvalue weighted by atomic mass is 10.0. The standard InChI is InChI=1S/C8H12O3/c1-6(5-9)8(3,4)11-7(2)10/h5H,1H2,2-4H3. The van der Waals surface area contributed by atoms with Crippen LogP contribution >= 0.6 is 0 Å². The van der Waals surface area contributed by atoms with Crippen LogP contribution < -0.4 is 0 Å². The fourth-order valence-corrected chi connectivity index (χ4v) is 0.567. The number of aldehydes is 1. The summed E-state index contributed by atoms with van der Waals surface area (Å²) < 4.78 is 4.82. The largest absolute Gasteiger partial charge is 0.455 e. The van der Waals surface area contributed by atoms with Crippen molar-refractivity contribution in [3.05, 3.63) is 12.2 Å². The van der Waals surface area contributed by atoms with Gasteiger partial charge in [0.1, 0.15) is 11.9 Å². The lowest BCUT2D eigenvalue weighted by molar-refractivity contribution is -0.150. The summed E-state index contributed by atoms with van der Waals surface area (Å²) in [5.41, 5.74) is -0.624. The van der Waals surface area contributed by atoms with Gasteiger partial charge in [-0.25, -0.2) is 0 Å². The minimum absolute atomic E-state index is 0.257. The van der Waals surface area contributed by atoms with E-state index in [1.165, 1.54) is 6.92 Å². The molecule has 0 atom stereocenters. The maximum Gasteiger partial charge on any atom is 0.303 e. The lowest BCUT2D eigenvalue weighted by Crippen LogP contribution is -2.29. The molecule has 0 N–H and O–H groups in total. The van der Waals surface area contributed by atoms with Crippen LogP contribution in [0.1, 0.15) is 20.8 Å². The zero-order chi connectivity index (χ0) is 9.07. The van der Waals surface area contributed by atoms with E-state index in [1.54, 1.807) is 13.8 Å². The highest BCUT2D eigenvalue weighted by Gasteiger charge is 2.24. The lowest BCUT2D eigenvalue weighted by Gasteiger charge is -2.23. The van der Waals surface area contributed by atoms with Gasteiger partial charge < -0.3 is 4.74 Å². The summed E-state index contributed by atoms with van der Waals surface area (Å²) in [6.45, 7) is 7.98. The molecule has 0 heterocycles. The first-order chi connectivity index (χ1) is 4.90. The summed E-state index contributed by atoms with van der Waals surface area (Å²) >= 11 is 0. The molecule has 3 heteroatoms. The maximum absolute atomic E-state index is 10.5. The summed E-state index contributed by atoms with van der Waals surface area (Å²) in [7, 11) is 0. The average molecular weight is 156 g/mol. The molecule has 0 aliphatic heterocycles. The van der Waals surface area contributed by atoms with Crippen molar-refractivity contribution in [3.63, 3.8) is 0 Å². The van der Waals surface area contributed by atoms with E-state index in [-0.39, 0.29) is 5.57 Å². The molecule has 62 valence electrons. The Morgan fingerprint density at radius 1 is 1.55 bits per heavy atom. The predicted molar refractivity (Wildman–Crippen MR) is 41.0 cm³/mol. The molecule has 0 radical (unpaired) electrons. The van der Waals surface area contributed by atoms with Crippen LogP contribution in [0, 0.1) is 0 Å². The highest BCUT2D eigenvalue weighted by atomic mass is 16.6. The van der Waals surface area contributed by atoms with Crippen molar-refractivity contribution in [2.75, 3.05) is 0 Å². The maximum atomic E-state index is 10.5. The van der Waals surface area contributed by atoms with Crippen LogP contribution in [0.3, 0.4) is 0 Å². The van der Waals surface area contributed by atoms with E-state index in [4.69, 9.17) is 4.74 Å². The van der Waals surface area contributed by atoms with Crippen molar-refractivity contribution < 1.29 is 14.3 Å². The molecule has 0 saturated carbocycles. The summed E-state index contributed by atoms with van der Waals surface area (Å²) in [5, 5.41) is 0. The van der Waals surface area contributed by atoms with Gasteiger partial charge in [-0.15, -0.1) is 0 Å². The molecule has 0 aliphatic rings. The zero-order valence-electron chi connectivity index (χ0n) is 7.01. The average Bonchev–Trinajstić information content (AvgIpc) is 1.83. The molecule has 0 spiro atoms. The van der Waals surface area contributed by atoms with Crippen LogP contribution in [-0.2, 0) is 14.3 Å². The molecule has 0 rings (SSSR count). The molecule has 3 nitrogen and oxygen atoms in total. The molecule has 0 aromatic carbocycles. The van der Waals surface area contributed by atoms with Crippen molar-refractivity contribution >= 4 is 12.3 Å². The fourth-order valence-electron chi connectivity index (χ4n) is 0.567. The Labute approximate surface area is 66.0 Å². The SMILES string of the molecule is C=C(C=O)C(C)(C)OC(C)=O. The molecule has 0 aromatic heterocycles. The monoisotopic (exact) mass is 156 g/mol. The Hall–Kier alpha value is -1.12. The normalized spacial score (nSPS) is 10.5. The first-order valence-electron chi connectivity index (χ1n) is 3.24. The smallest absolute Gasteiger partial charge is 0.303 e. The van der Waals surface area contributed by atoms with E-state index in [0.717, 1.165) is 0 Å². The van der Waals surface area contributed by atoms with Gasteiger partial charge in [0.25, 0.3) is 0 Å². The number of hydrogen-bond donors (Lipinski definition) is 0. The Bertz CT molecular complexity index is 192. The van der Waals surface area contributed by atoms with Crippen LogP contribution in [0.2, 0.25) is 0 Å². The molecule has 0 amide bonds. The number of ether oxygens (including phenoxy) is 1. The van der Waals surface area contributed by atoms with E-state index < -0.39 is 11.6 Å². The minimum Gasteiger partial charge on any atom is -0.455 e. The van der Waals surface area contributed by atoms with Crippen LogP contribution in [0.4, 0.5) is 0 Å². The fraction of sp³-hybridized carbons (Fsp3) is 0.500. The zero-order valence-corrected chi connectivity index (χ0v) is 7.01. The van der Waals surface area contributed by atoms with E-state index in [2.05, 4.69) is 6.58 Å². The van der Waals surface area contributed by atoms with Crippen molar-refractivity contribution in [2.24, 2.45) is 0 Å². The van der Waals surface area contributed by atoms with Crippen molar-refractivity contribution in [2.45, 2.75) is 26.4 Å². The molecular formula is C8H12O3. The quantitative estimate of drug-likeness (QED) is 0.349. The van der Waals surface area contributed by atoms with Crippen molar-refractivity contribution in [1.29, 1.82) is 0 Å². The number of carbonyl (C=O) groups is 2. The topological polar surface area (TPSA) is 43.4 Å². The third kappa shape index (κ3) is 2.98. The highest BCUT2D eigenvalue weighted by Crippen LogP contribution is 2.16. The second-order valence-electron chi connectivity index (χ2n) is 2.75. The van der Waals surface area contributed by atoms with Gasteiger partial charge in [0.15, 0.2) is 0 Å². The first kappa shape index (κ1) is 9.88. The Kier molecular flexibility index (Phi) is 2.99. The van der Waals surface area contributed by atoms with Gasteiger partial charge in [-0.1, -0.05) is 6.58 Å². The second kappa shape index (κ2) is 3.32. The summed E-state index contributed by atoms with van der Waals surface area (Å²) in [5.74, 6) is -0.419. The second-order valence-corrected chi connectivity index (χ2v) is 2.75. The number of carbonyl (C=O) groups excluding carboxylic acids is 2. The van der Waals surface area contributed by atoms with Crippen molar-refractivity contribution in [1.82, 2.24) is 0 Å². The van der Waals surface area contributed by atoms with Gasteiger partial charge in [0, 0.05) is 12.5 Å². The van der Waals surface area contributed by atoms with Crippen molar-refractivity contribution in [3.8, 4) is 0 Å². The molecule has 0 aromatic rings. The van der Waals surface area contributed by atoms with E-state index in [9.17, 15) is 9.59 Å². The van der Waals surface area contributed by atoms with E-state index in [0.29, 0.717) is 6.29 Å². The van der Waals surface area contributed by atoms with E-state index >= 15 is 0 Å². The number of hydrogen-bond acceptors (Lipinski definition) is 3. The molecular weight excluding hydrogens is 144 g/mol. The van der Waals surface area contributed by atoms with Gasteiger partial charge in [0.05, 0.1) is 0 Å². The molecule has 0 bridgehead atoms. The van der Waals surface area contributed by atoms with Gasteiger partial charge >= 0.3 is 5.97 Å². The van der Waals surface area contributed by atoms with Crippen LogP contribution in [-0.4, -0.2) is 17.9 Å². The van der Waals surface area contributed by atoms with Crippen LogP contribution in [0.25, 0.3) is 0 Å². The summed E-state index contributed by atoms with van der Waals surface area (Å²) in [6, 6.07) is 0. The minimum atomic E-state index is -0.881. The van der Waals surface area contributed by atoms with Gasteiger partial charge in [-0.3, -0.25) is 9.59 Å². The number of rotatable bonds is 3. The Balaban J connectivity index is 4.32. The van der Waals surface area contributed by atoms with Crippen LogP contribution in [0.5, 0.6) is 0 Å². The predicted octanol–water partition coefficient (Wildman–Crippen LogP) is 1.08. The highest BCUT2D eigenvalue weighted by molar-refractivity contribution is 5.77. The molecule has 0 saturated heterocycles. The Morgan fingerprint density at radius 2 is 2.00 bits per heavy atom. The summed E-state index contributed by atoms with van der Waals surface area (Å²) in [4.78, 5) is 20.7. The first-order valence-corrected chi connectivity index (χ1v) is 3.24. The third-order valence-corrected chi connectivity index (χ3v) is 1.31.